The second kappa shape index (κ2) is 7.78. The van der Waals surface area contributed by atoms with Gasteiger partial charge in [-0.05, 0) is 57.0 Å². The van der Waals surface area contributed by atoms with E-state index >= 15 is 0 Å². The van der Waals surface area contributed by atoms with Gasteiger partial charge >= 0.3 is 0 Å². The summed E-state index contributed by atoms with van der Waals surface area (Å²) in [6.45, 7) is 8.43. The molecular weight excluding hydrogens is 264 g/mol. The van der Waals surface area contributed by atoms with Crippen LogP contribution in [0, 0.1) is 5.92 Å². The van der Waals surface area contributed by atoms with Crippen molar-refractivity contribution in [2.75, 3.05) is 33.3 Å². The number of benzene rings is 1. The van der Waals surface area contributed by atoms with Crippen LogP contribution in [0.3, 0.4) is 0 Å². The van der Waals surface area contributed by atoms with E-state index < -0.39 is 6.10 Å². The molecule has 2 atom stereocenters. The van der Waals surface area contributed by atoms with Gasteiger partial charge in [-0.2, -0.15) is 0 Å². The van der Waals surface area contributed by atoms with Crippen LogP contribution in [-0.4, -0.2) is 49.3 Å². The number of likely N-dealkylation sites (tertiary alicyclic amines) is 1. The maximum Gasteiger partial charge on any atom is 0.119 e. The van der Waals surface area contributed by atoms with Crippen molar-refractivity contribution in [2.24, 2.45) is 5.92 Å². The Labute approximate surface area is 128 Å². The van der Waals surface area contributed by atoms with Crippen LogP contribution in [0.4, 0.5) is 0 Å². The number of nitrogens with one attached hydrogen (secondary N) is 1. The molecule has 1 aromatic rings. The second-order valence-electron chi connectivity index (χ2n) is 6.19. The van der Waals surface area contributed by atoms with Gasteiger partial charge in [-0.25, -0.2) is 0 Å². The molecule has 1 aliphatic heterocycles. The van der Waals surface area contributed by atoms with Crippen molar-refractivity contribution in [3.63, 3.8) is 0 Å². The lowest BCUT2D eigenvalue weighted by atomic mass is 10.1. The SMILES string of the molecule is COc1cccc(C(O)CNCC2CCN(C(C)C)C2)c1. The van der Waals surface area contributed by atoms with Gasteiger partial charge in [0.2, 0.25) is 0 Å². The third kappa shape index (κ3) is 4.70. The smallest absolute Gasteiger partial charge is 0.119 e. The first-order valence-electron chi connectivity index (χ1n) is 7.87. The number of aliphatic hydroxyl groups is 1. The summed E-state index contributed by atoms with van der Waals surface area (Å²) >= 11 is 0. The van der Waals surface area contributed by atoms with Gasteiger partial charge in [0.15, 0.2) is 0 Å². The Morgan fingerprint density at radius 1 is 1.43 bits per heavy atom. The zero-order valence-electron chi connectivity index (χ0n) is 13.4. The Morgan fingerprint density at radius 3 is 2.90 bits per heavy atom. The summed E-state index contributed by atoms with van der Waals surface area (Å²) in [5.74, 6) is 1.49. The fraction of sp³-hybridized carbons (Fsp3) is 0.647. The predicted octanol–water partition coefficient (Wildman–Crippen LogP) is 2.05. The van der Waals surface area contributed by atoms with Gasteiger partial charge in [0.25, 0.3) is 0 Å². The molecule has 4 heteroatoms. The highest BCUT2D eigenvalue weighted by Gasteiger charge is 2.23. The van der Waals surface area contributed by atoms with Crippen LogP contribution in [0.15, 0.2) is 24.3 Å². The van der Waals surface area contributed by atoms with Gasteiger partial charge in [-0.3, -0.25) is 0 Å². The fourth-order valence-electron chi connectivity index (χ4n) is 2.89. The Bertz CT molecular complexity index is 437. The molecule has 118 valence electrons. The molecule has 1 aliphatic rings. The van der Waals surface area contributed by atoms with Gasteiger partial charge in [-0.1, -0.05) is 12.1 Å². The molecule has 1 fully saturated rings. The average molecular weight is 292 g/mol. The summed E-state index contributed by atoms with van der Waals surface area (Å²) in [4.78, 5) is 2.52. The van der Waals surface area contributed by atoms with Gasteiger partial charge in [0.1, 0.15) is 5.75 Å². The van der Waals surface area contributed by atoms with E-state index in [-0.39, 0.29) is 0 Å². The number of nitrogens with zero attached hydrogens (tertiary/aromatic N) is 1. The number of hydrogen-bond donors (Lipinski definition) is 2. The van der Waals surface area contributed by atoms with Gasteiger partial charge in [-0.15, -0.1) is 0 Å². The first-order chi connectivity index (χ1) is 10.1. The van der Waals surface area contributed by atoms with Crippen molar-refractivity contribution in [3.05, 3.63) is 29.8 Å². The fourth-order valence-corrected chi connectivity index (χ4v) is 2.89. The quantitative estimate of drug-likeness (QED) is 0.807. The molecule has 2 N–H and O–H groups in total. The Balaban J connectivity index is 1.73. The molecule has 0 amide bonds. The van der Waals surface area contributed by atoms with Gasteiger partial charge in [0, 0.05) is 19.1 Å². The lowest BCUT2D eigenvalue weighted by Crippen LogP contribution is -2.32. The van der Waals surface area contributed by atoms with Crippen molar-refractivity contribution in [2.45, 2.75) is 32.4 Å². The summed E-state index contributed by atoms with van der Waals surface area (Å²) < 4.78 is 5.19. The molecule has 0 spiro atoms. The highest BCUT2D eigenvalue weighted by atomic mass is 16.5. The summed E-state index contributed by atoms with van der Waals surface area (Å²) in [6.07, 6.45) is 0.767. The van der Waals surface area contributed by atoms with E-state index in [1.165, 1.54) is 19.5 Å². The molecule has 4 nitrogen and oxygen atoms in total. The zero-order chi connectivity index (χ0) is 15.2. The van der Waals surface area contributed by atoms with Gasteiger partial charge < -0.3 is 20.1 Å². The van der Waals surface area contributed by atoms with Crippen molar-refractivity contribution >= 4 is 0 Å². The predicted molar refractivity (Wildman–Crippen MR) is 85.6 cm³/mol. The summed E-state index contributed by atoms with van der Waals surface area (Å²) in [5.41, 5.74) is 0.900. The monoisotopic (exact) mass is 292 g/mol. The zero-order valence-corrected chi connectivity index (χ0v) is 13.4. The molecule has 21 heavy (non-hydrogen) atoms. The van der Waals surface area contributed by atoms with E-state index in [1.54, 1.807) is 7.11 Å². The number of methoxy groups -OCH3 is 1. The normalized spacial score (nSPS) is 20.9. The van der Waals surface area contributed by atoms with E-state index in [9.17, 15) is 5.11 Å². The van der Waals surface area contributed by atoms with Crippen LogP contribution in [0.5, 0.6) is 5.75 Å². The molecule has 0 saturated carbocycles. The molecule has 1 heterocycles. The van der Waals surface area contributed by atoms with E-state index in [2.05, 4.69) is 24.1 Å². The number of aliphatic hydroxyl groups excluding tert-OH is 1. The Kier molecular flexibility index (Phi) is 6.03. The number of hydrogen-bond acceptors (Lipinski definition) is 4. The van der Waals surface area contributed by atoms with Crippen LogP contribution < -0.4 is 10.1 Å². The molecular formula is C17H28N2O2. The first kappa shape index (κ1) is 16.3. The molecule has 2 rings (SSSR count). The van der Waals surface area contributed by atoms with E-state index in [0.29, 0.717) is 18.5 Å². The summed E-state index contributed by atoms with van der Waals surface area (Å²) in [6, 6.07) is 8.27. The minimum atomic E-state index is -0.484. The lowest BCUT2D eigenvalue weighted by molar-refractivity contribution is 0.172. The minimum Gasteiger partial charge on any atom is -0.497 e. The minimum absolute atomic E-state index is 0.484. The summed E-state index contributed by atoms with van der Waals surface area (Å²) in [7, 11) is 1.64. The first-order valence-corrected chi connectivity index (χ1v) is 7.87. The highest BCUT2D eigenvalue weighted by Crippen LogP contribution is 2.20. The maximum atomic E-state index is 10.2. The summed E-state index contributed by atoms with van der Waals surface area (Å²) in [5, 5.41) is 13.6. The van der Waals surface area contributed by atoms with Crippen molar-refractivity contribution in [1.29, 1.82) is 0 Å². The molecule has 1 aromatic carbocycles. The molecule has 1 saturated heterocycles. The van der Waals surface area contributed by atoms with Crippen molar-refractivity contribution in [1.82, 2.24) is 10.2 Å². The highest BCUT2D eigenvalue weighted by molar-refractivity contribution is 5.29. The van der Waals surface area contributed by atoms with Gasteiger partial charge in [0.05, 0.1) is 13.2 Å². The Morgan fingerprint density at radius 2 is 2.24 bits per heavy atom. The second-order valence-corrected chi connectivity index (χ2v) is 6.19. The molecule has 0 radical (unpaired) electrons. The van der Waals surface area contributed by atoms with Crippen LogP contribution in [0.1, 0.15) is 31.9 Å². The van der Waals surface area contributed by atoms with E-state index in [4.69, 9.17) is 4.74 Å². The van der Waals surface area contributed by atoms with Crippen molar-refractivity contribution < 1.29 is 9.84 Å². The van der Waals surface area contributed by atoms with Crippen molar-refractivity contribution in [3.8, 4) is 5.75 Å². The largest absolute Gasteiger partial charge is 0.497 e. The third-order valence-electron chi connectivity index (χ3n) is 4.30. The van der Waals surface area contributed by atoms with E-state index in [0.717, 1.165) is 17.9 Å². The lowest BCUT2D eigenvalue weighted by Gasteiger charge is -2.20. The van der Waals surface area contributed by atoms with Crippen LogP contribution >= 0.6 is 0 Å². The van der Waals surface area contributed by atoms with Crippen LogP contribution in [0.25, 0.3) is 0 Å². The van der Waals surface area contributed by atoms with Crippen LogP contribution in [-0.2, 0) is 0 Å². The molecule has 0 bridgehead atoms. The topological polar surface area (TPSA) is 44.7 Å². The molecule has 2 unspecified atom stereocenters. The van der Waals surface area contributed by atoms with Crippen LogP contribution in [0.2, 0.25) is 0 Å². The number of ether oxygens (including phenoxy) is 1. The number of rotatable bonds is 7. The third-order valence-corrected chi connectivity index (χ3v) is 4.30. The molecule has 0 aromatic heterocycles. The molecule has 0 aliphatic carbocycles. The van der Waals surface area contributed by atoms with E-state index in [1.807, 2.05) is 24.3 Å². The maximum absolute atomic E-state index is 10.2. The standard InChI is InChI=1S/C17H28N2O2/c1-13(2)19-8-7-14(12-19)10-18-11-17(20)15-5-4-6-16(9-15)21-3/h4-6,9,13-14,17-18,20H,7-8,10-12H2,1-3H3. The Hall–Kier alpha value is -1.10. The average Bonchev–Trinajstić information content (AvgIpc) is 2.96.